The molecule has 8 nitrogen and oxygen atoms in total. The molecule has 0 aliphatic carbocycles. The lowest BCUT2D eigenvalue weighted by atomic mass is 10.1. The van der Waals surface area contributed by atoms with Gasteiger partial charge in [0.2, 0.25) is 11.8 Å². The molecule has 1 atom stereocenters. The number of aryl methyl sites for hydroxylation is 1. The van der Waals surface area contributed by atoms with Gasteiger partial charge in [0.05, 0.1) is 24.6 Å². The fraction of sp³-hybridized carbons (Fsp3) is 0.619. The van der Waals surface area contributed by atoms with Crippen LogP contribution in [0.4, 0.5) is 0 Å². The number of hydrogen-bond acceptors (Lipinski definition) is 6. The molecule has 0 bridgehead atoms. The summed E-state index contributed by atoms with van der Waals surface area (Å²) >= 11 is 0. The van der Waals surface area contributed by atoms with Gasteiger partial charge in [0.15, 0.2) is 9.84 Å². The first-order chi connectivity index (χ1) is 14.2. The second kappa shape index (κ2) is 9.89. The Kier molecular flexibility index (Phi) is 7.49. The van der Waals surface area contributed by atoms with Gasteiger partial charge in [-0.25, -0.2) is 8.42 Å². The number of nitrogens with one attached hydrogen (secondary N) is 1. The van der Waals surface area contributed by atoms with Gasteiger partial charge >= 0.3 is 0 Å². The number of rotatable bonds is 7. The molecule has 9 heteroatoms. The van der Waals surface area contributed by atoms with Crippen LogP contribution in [-0.2, 0) is 26.0 Å². The standard InChI is InChI=1S/C21H32N4O4S/c1-17-5-3-4-6-18(17)13-24-8-10-25(11-9-24)21(27)15-23(2)14-20(26)22-19-7-12-30(28,29)16-19/h3-6,19H,7-16H2,1-2H3,(H,22,26). The van der Waals surface area contributed by atoms with Gasteiger partial charge in [-0.2, -0.15) is 0 Å². The maximum Gasteiger partial charge on any atom is 0.236 e. The van der Waals surface area contributed by atoms with E-state index >= 15 is 0 Å². The Morgan fingerprint density at radius 3 is 2.47 bits per heavy atom. The lowest BCUT2D eigenvalue weighted by Crippen LogP contribution is -2.51. The van der Waals surface area contributed by atoms with Crippen LogP contribution in [0.25, 0.3) is 0 Å². The first kappa shape index (κ1) is 22.7. The topological polar surface area (TPSA) is 90.0 Å². The molecular formula is C21H32N4O4S. The maximum absolute atomic E-state index is 12.6. The van der Waals surface area contributed by atoms with E-state index in [4.69, 9.17) is 0 Å². The van der Waals surface area contributed by atoms with Crippen LogP contribution in [0, 0.1) is 6.92 Å². The van der Waals surface area contributed by atoms with Crippen molar-refractivity contribution in [3.05, 3.63) is 35.4 Å². The molecule has 1 N–H and O–H groups in total. The summed E-state index contributed by atoms with van der Waals surface area (Å²) in [6, 6.07) is 8.05. The number of piperazine rings is 1. The van der Waals surface area contributed by atoms with Crippen molar-refractivity contribution in [3.8, 4) is 0 Å². The summed E-state index contributed by atoms with van der Waals surface area (Å²) in [5.41, 5.74) is 2.60. The molecule has 30 heavy (non-hydrogen) atoms. The summed E-state index contributed by atoms with van der Waals surface area (Å²) < 4.78 is 23.0. The van der Waals surface area contributed by atoms with Crippen molar-refractivity contribution in [1.82, 2.24) is 20.0 Å². The number of hydrogen-bond donors (Lipinski definition) is 1. The van der Waals surface area contributed by atoms with Crippen LogP contribution >= 0.6 is 0 Å². The summed E-state index contributed by atoms with van der Waals surface area (Å²) in [5, 5.41) is 2.76. The third kappa shape index (κ3) is 6.52. The largest absolute Gasteiger partial charge is 0.351 e. The first-order valence-electron chi connectivity index (χ1n) is 10.4. The molecule has 2 amide bonds. The SMILES string of the molecule is Cc1ccccc1CN1CCN(C(=O)CN(C)CC(=O)NC2CCS(=O)(=O)C2)CC1. The molecule has 1 aromatic carbocycles. The van der Waals surface area contributed by atoms with Crippen molar-refractivity contribution in [2.24, 2.45) is 0 Å². The predicted octanol–water partition coefficient (Wildman–Crippen LogP) is -0.126. The minimum absolute atomic E-state index is 0.00810. The number of likely N-dealkylation sites (N-methyl/N-ethyl adjacent to an activating group) is 1. The summed E-state index contributed by atoms with van der Waals surface area (Å²) in [6.07, 6.45) is 0.462. The van der Waals surface area contributed by atoms with Crippen LogP contribution in [0.2, 0.25) is 0 Å². The van der Waals surface area contributed by atoms with E-state index < -0.39 is 9.84 Å². The molecule has 0 saturated carbocycles. The van der Waals surface area contributed by atoms with E-state index in [1.54, 1.807) is 11.9 Å². The highest BCUT2D eigenvalue weighted by molar-refractivity contribution is 7.91. The second-order valence-electron chi connectivity index (χ2n) is 8.42. The minimum atomic E-state index is -3.02. The first-order valence-corrected chi connectivity index (χ1v) is 12.3. The number of benzene rings is 1. The van der Waals surface area contributed by atoms with Gasteiger partial charge in [-0.15, -0.1) is 0 Å². The van der Waals surface area contributed by atoms with E-state index in [1.807, 2.05) is 11.0 Å². The van der Waals surface area contributed by atoms with Gasteiger partial charge < -0.3 is 10.2 Å². The predicted molar refractivity (Wildman–Crippen MR) is 116 cm³/mol. The Morgan fingerprint density at radius 2 is 1.83 bits per heavy atom. The fourth-order valence-corrected chi connectivity index (χ4v) is 5.67. The summed E-state index contributed by atoms with van der Waals surface area (Å²) in [4.78, 5) is 30.6. The van der Waals surface area contributed by atoms with Gasteiger partial charge in [-0.1, -0.05) is 24.3 Å². The van der Waals surface area contributed by atoms with Crippen LogP contribution < -0.4 is 5.32 Å². The highest BCUT2D eigenvalue weighted by atomic mass is 32.2. The third-order valence-electron chi connectivity index (χ3n) is 5.80. The third-order valence-corrected chi connectivity index (χ3v) is 7.56. The molecule has 2 aliphatic heterocycles. The number of carbonyl (C=O) groups is 2. The molecule has 166 valence electrons. The second-order valence-corrected chi connectivity index (χ2v) is 10.7. The van der Waals surface area contributed by atoms with Crippen LogP contribution in [0.15, 0.2) is 24.3 Å². The van der Waals surface area contributed by atoms with Gasteiger partial charge in [-0.05, 0) is 31.5 Å². The van der Waals surface area contributed by atoms with Crippen molar-refractivity contribution in [3.63, 3.8) is 0 Å². The average Bonchev–Trinajstić information content (AvgIpc) is 3.02. The van der Waals surface area contributed by atoms with E-state index in [-0.39, 0.29) is 42.5 Å². The highest BCUT2D eigenvalue weighted by Crippen LogP contribution is 2.13. The molecule has 0 aromatic heterocycles. The lowest BCUT2D eigenvalue weighted by Gasteiger charge is -2.35. The van der Waals surface area contributed by atoms with E-state index in [2.05, 4.69) is 35.3 Å². The van der Waals surface area contributed by atoms with Crippen LogP contribution in [0.5, 0.6) is 0 Å². The Balaban J connectivity index is 1.37. The van der Waals surface area contributed by atoms with E-state index in [0.29, 0.717) is 19.5 Å². The Morgan fingerprint density at radius 1 is 1.13 bits per heavy atom. The minimum Gasteiger partial charge on any atom is -0.351 e. The van der Waals surface area contributed by atoms with E-state index in [0.717, 1.165) is 19.6 Å². The van der Waals surface area contributed by atoms with Gasteiger partial charge in [0.25, 0.3) is 0 Å². The van der Waals surface area contributed by atoms with Crippen molar-refractivity contribution in [2.45, 2.75) is 25.9 Å². The van der Waals surface area contributed by atoms with Gasteiger partial charge in [0, 0.05) is 38.8 Å². The zero-order valence-electron chi connectivity index (χ0n) is 17.8. The Bertz CT molecular complexity index is 866. The highest BCUT2D eigenvalue weighted by Gasteiger charge is 2.29. The van der Waals surface area contributed by atoms with E-state index in [9.17, 15) is 18.0 Å². The van der Waals surface area contributed by atoms with Crippen molar-refractivity contribution >= 4 is 21.7 Å². The molecule has 2 aliphatic rings. The quantitative estimate of drug-likeness (QED) is 0.641. The molecule has 2 fully saturated rings. The molecule has 2 heterocycles. The molecular weight excluding hydrogens is 404 g/mol. The van der Waals surface area contributed by atoms with Gasteiger partial charge in [0.1, 0.15) is 0 Å². The lowest BCUT2D eigenvalue weighted by molar-refractivity contribution is -0.134. The number of sulfone groups is 1. The number of amides is 2. The van der Waals surface area contributed by atoms with E-state index in [1.165, 1.54) is 11.1 Å². The molecule has 0 radical (unpaired) electrons. The van der Waals surface area contributed by atoms with Crippen LogP contribution in [0.3, 0.4) is 0 Å². The molecule has 1 aromatic rings. The zero-order valence-corrected chi connectivity index (χ0v) is 18.7. The molecule has 1 unspecified atom stereocenters. The van der Waals surface area contributed by atoms with Crippen molar-refractivity contribution in [1.29, 1.82) is 0 Å². The molecule has 2 saturated heterocycles. The summed E-state index contributed by atoms with van der Waals surface area (Å²) in [7, 11) is -1.29. The van der Waals surface area contributed by atoms with Crippen molar-refractivity contribution < 1.29 is 18.0 Å². The van der Waals surface area contributed by atoms with Crippen molar-refractivity contribution in [2.75, 3.05) is 57.8 Å². The molecule has 3 rings (SSSR count). The maximum atomic E-state index is 12.6. The van der Waals surface area contributed by atoms with Gasteiger partial charge in [-0.3, -0.25) is 19.4 Å². The summed E-state index contributed by atoms with van der Waals surface area (Å²) in [5.74, 6) is -0.0873. The molecule has 0 spiro atoms. The Labute approximate surface area is 179 Å². The summed E-state index contributed by atoms with van der Waals surface area (Å²) in [6.45, 7) is 6.30. The number of carbonyl (C=O) groups excluding carboxylic acids is 2. The monoisotopic (exact) mass is 436 g/mol. The van der Waals surface area contributed by atoms with Crippen LogP contribution in [-0.4, -0.2) is 98.8 Å². The zero-order chi connectivity index (χ0) is 21.7. The smallest absolute Gasteiger partial charge is 0.236 e. The normalized spacial score (nSPS) is 21.7. The number of nitrogens with zero attached hydrogens (tertiary/aromatic N) is 3. The van der Waals surface area contributed by atoms with Crippen LogP contribution in [0.1, 0.15) is 17.5 Å². The average molecular weight is 437 g/mol. The Hall–Kier alpha value is -1.97. The fourth-order valence-electron chi connectivity index (χ4n) is 4.00.